The Labute approximate surface area is 230 Å². The third kappa shape index (κ3) is 7.10. The number of nitrogens with zero attached hydrogens (tertiary/aromatic N) is 2. The van der Waals surface area contributed by atoms with Crippen LogP contribution in [0, 0.1) is 11.7 Å². The topological polar surface area (TPSA) is 88.1 Å². The van der Waals surface area contributed by atoms with Crippen LogP contribution in [0.2, 0.25) is 5.02 Å². The lowest BCUT2D eigenvalue weighted by Gasteiger charge is -2.27. The highest BCUT2D eigenvalue weighted by atomic mass is 35.5. The molecule has 1 saturated carbocycles. The number of carbonyl (C=O) groups is 3. The van der Waals surface area contributed by atoms with Crippen LogP contribution in [0.5, 0.6) is 0 Å². The van der Waals surface area contributed by atoms with E-state index in [1.165, 1.54) is 4.90 Å². The summed E-state index contributed by atoms with van der Waals surface area (Å²) < 4.78 is 58.9. The van der Waals surface area contributed by atoms with Crippen molar-refractivity contribution in [1.29, 1.82) is 0 Å². The number of hydrogen-bond acceptors (Lipinski definition) is 5. The summed E-state index contributed by atoms with van der Waals surface area (Å²) in [7, 11) is 0. The van der Waals surface area contributed by atoms with Gasteiger partial charge in [-0.05, 0) is 50.6 Å². The minimum Gasteiger partial charge on any atom is -0.444 e. The predicted molar refractivity (Wildman–Crippen MR) is 139 cm³/mol. The van der Waals surface area contributed by atoms with Crippen LogP contribution in [0.1, 0.15) is 43.1 Å². The molecule has 0 aromatic heterocycles. The minimum absolute atomic E-state index is 0.0278. The number of alkyl carbamates (subject to hydrolysis) is 1. The van der Waals surface area contributed by atoms with Crippen molar-refractivity contribution in [1.82, 2.24) is 5.32 Å². The van der Waals surface area contributed by atoms with E-state index in [-0.39, 0.29) is 23.7 Å². The summed E-state index contributed by atoms with van der Waals surface area (Å²) in [5, 5.41) is 3.01. The van der Waals surface area contributed by atoms with Gasteiger partial charge in [0.25, 0.3) is 11.8 Å². The Kier molecular flexibility index (Phi) is 8.00. The molecule has 2 atom stereocenters. The summed E-state index contributed by atoms with van der Waals surface area (Å²) in [6, 6.07) is 7.68. The molecule has 1 fully saturated rings. The first kappa shape index (κ1) is 28.9. The summed E-state index contributed by atoms with van der Waals surface area (Å²) in [6.45, 7) is 4.98. The lowest BCUT2D eigenvalue weighted by molar-refractivity contribution is -0.140. The standard InChI is InChI=1S/C26H24ClF4N3O4S/c1-25(2,3)38-24(37)33-19-12-39-21-10-17(28)15(22(35)32-18-9-16(18)26(29,30)31)8-20(21)34(23(19)36)11-13-4-6-14(27)7-5-13/h4-8,10,16,19H,9,11-12H2,1-3H3,(H,33,37)/t16?,19-/m0/s1. The lowest BCUT2D eigenvalue weighted by atomic mass is 10.1. The van der Waals surface area contributed by atoms with Crippen molar-refractivity contribution in [2.75, 3.05) is 10.7 Å². The number of benzene rings is 2. The number of aliphatic imine (C=N–C) groups is 1. The smallest absolute Gasteiger partial charge is 0.408 e. The van der Waals surface area contributed by atoms with Crippen molar-refractivity contribution in [2.24, 2.45) is 10.9 Å². The number of fused-ring (bicyclic) bond motifs is 1. The van der Waals surface area contributed by atoms with Crippen LogP contribution in [-0.2, 0) is 16.1 Å². The van der Waals surface area contributed by atoms with Crippen LogP contribution in [0.15, 0.2) is 46.3 Å². The maximum absolute atomic E-state index is 15.0. The van der Waals surface area contributed by atoms with Gasteiger partial charge in [0.05, 0.1) is 23.7 Å². The quantitative estimate of drug-likeness (QED) is 0.433. The van der Waals surface area contributed by atoms with Gasteiger partial charge in [-0.2, -0.15) is 13.2 Å². The number of anilines is 1. The van der Waals surface area contributed by atoms with E-state index in [2.05, 4.69) is 10.3 Å². The molecule has 2 aromatic carbocycles. The van der Waals surface area contributed by atoms with Crippen LogP contribution in [-0.4, -0.2) is 47.2 Å². The van der Waals surface area contributed by atoms with E-state index in [9.17, 15) is 27.6 Å². The first-order chi connectivity index (χ1) is 18.1. The molecule has 0 spiro atoms. The molecule has 208 valence electrons. The Morgan fingerprint density at radius 1 is 1.18 bits per heavy atom. The minimum atomic E-state index is -4.53. The number of nitrogens with one attached hydrogen (secondary N) is 1. The van der Waals surface area contributed by atoms with E-state index >= 15 is 4.39 Å². The van der Waals surface area contributed by atoms with Crippen LogP contribution in [0.4, 0.5) is 28.0 Å². The maximum atomic E-state index is 15.0. The number of ether oxygens (including phenoxy) is 1. The summed E-state index contributed by atoms with van der Waals surface area (Å²) in [5.41, 5.74) is -0.954. The van der Waals surface area contributed by atoms with E-state index in [0.717, 1.165) is 23.9 Å². The molecule has 2 aromatic rings. The van der Waals surface area contributed by atoms with Crippen molar-refractivity contribution >= 4 is 52.7 Å². The third-order valence-corrected chi connectivity index (χ3v) is 7.17. The van der Waals surface area contributed by atoms with Crippen LogP contribution in [0.3, 0.4) is 0 Å². The molecule has 0 radical (unpaired) electrons. The molecule has 3 amide bonds. The highest BCUT2D eigenvalue weighted by molar-refractivity contribution is 7.99. The molecule has 39 heavy (non-hydrogen) atoms. The normalized spacial score (nSPS) is 20.4. The summed E-state index contributed by atoms with van der Waals surface area (Å²) >= 11 is 7.05. The number of carbonyl (C=O) groups excluding carboxylic acids is 3. The summed E-state index contributed by atoms with van der Waals surface area (Å²) in [4.78, 5) is 43.9. The zero-order chi connectivity index (χ0) is 28.7. The zero-order valence-electron chi connectivity index (χ0n) is 21.1. The third-order valence-electron chi connectivity index (χ3n) is 5.78. The number of amides is 3. The Morgan fingerprint density at radius 2 is 1.85 bits per heavy atom. The number of rotatable bonds is 4. The Hall–Kier alpha value is -3.12. The van der Waals surface area contributed by atoms with Gasteiger partial charge in [0, 0.05) is 27.8 Å². The van der Waals surface area contributed by atoms with Crippen molar-refractivity contribution in [3.63, 3.8) is 0 Å². The molecular weight excluding hydrogens is 562 g/mol. The molecule has 0 bridgehead atoms. The summed E-state index contributed by atoms with van der Waals surface area (Å²) in [5.74, 6) is -4.50. The van der Waals surface area contributed by atoms with E-state index in [1.807, 2.05) is 0 Å². The Morgan fingerprint density at radius 3 is 2.44 bits per heavy atom. The Balaban J connectivity index is 1.69. The first-order valence-electron chi connectivity index (χ1n) is 11.8. The number of alkyl halides is 3. The molecule has 1 heterocycles. The second kappa shape index (κ2) is 10.8. The maximum Gasteiger partial charge on any atom is 0.408 e. The average Bonchev–Trinajstić information content (AvgIpc) is 3.60. The first-order valence-corrected chi connectivity index (χ1v) is 13.2. The average molecular weight is 586 g/mol. The van der Waals surface area contributed by atoms with E-state index < -0.39 is 59.4 Å². The van der Waals surface area contributed by atoms with E-state index in [1.54, 1.807) is 45.0 Å². The van der Waals surface area contributed by atoms with Gasteiger partial charge in [0.15, 0.2) is 0 Å². The second-order valence-corrected chi connectivity index (χ2v) is 11.6. The highest BCUT2D eigenvalue weighted by Gasteiger charge is 2.53. The fourth-order valence-corrected chi connectivity index (χ4v) is 5.04. The van der Waals surface area contributed by atoms with Gasteiger partial charge >= 0.3 is 12.3 Å². The SMILES string of the molecule is CC(C)(C)OC(=O)N[C@H]1CSc2cc(F)c(C(=O)N=C3CC3C(F)(F)F)cc2N(Cc2ccc(Cl)cc2)C1=O. The van der Waals surface area contributed by atoms with Crippen LogP contribution < -0.4 is 10.2 Å². The van der Waals surface area contributed by atoms with Crippen molar-refractivity contribution in [2.45, 2.75) is 56.5 Å². The zero-order valence-corrected chi connectivity index (χ0v) is 22.6. The van der Waals surface area contributed by atoms with Crippen LogP contribution >= 0.6 is 23.4 Å². The van der Waals surface area contributed by atoms with Crippen molar-refractivity contribution in [3.05, 3.63) is 58.4 Å². The molecule has 1 aliphatic heterocycles. The summed E-state index contributed by atoms with van der Waals surface area (Å²) in [6.07, 6.45) is -5.77. The van der Waals surface area contributed by atoms with Gasteiger partial charge in [0.2, 0.25) is 0 Å². The number of halogens is 5. The molecule has 1 N–H and O–H groups in total. The monoisotopic (exact) mass is 585 g/mol. The largest absolute Gasteiger partial charge is 0.444 e. The van der Waals surface area contributed by atoms with Gasteiger partial charge in [-0.3, -0.25) is 9.59 Å². The highest BCUT2D eigenvalue weighted by Crippen LogP contribution is 2.42. The second-order valence-electron chi connectivity index (χ2n) is 10.1. The molecule has 0 saturated heterocycles. The van der Waals surface area contributed by atoms with Gasteiger partial charge in [-0.15, -0.1) is 11.8 Å². The molecule has 1 unspecified atom stereocenters. The van der Waals surface area contributed by atoms with Gasteiger partial charge in [-0.1, -0.05) is 23.7 Å². The van der Waals surface area contributed by atoms with Gasteiger partial charge < -0.3 is 15.0 Å². The number of hydrogen-bond donors (Lipinski definition) is 1. The van der Waals surface area contributed by atoms with Crippen molar-refractivity contribution < 1.29 is 36.7 Å². The Bertz CT molecular complexity index is 1340. The number of thioether (sulfide) groups is 1. The van der Waals surface area contributed by atoms with Crippen LogP contribution in [0.25, 0.3) is 0 Å². The van der Waals surface area contributed by atoms with E-state index in [0.29, 0.717) is 15.5 Å². The fraction of sp³-hybridized carbons (Fsp3) is 0.385. The predicted octanol–water partition coefficient (Wildman–Crippen LogP) is 6.17. The molecule has 1 aliphatic carbocycles. The van der Waals surface area contributed by atoms with Crippen molar-refractivity contribution in [3.8, 4) is 0 Å². The molecular formula is C26H24ClF4N3O4S. The van der Waals surface area contributed by atoms with Gasteiger partial charge in [-0.25, -0.2) is 14.2 Å². The fourth-order valence-electron chi connectivity index (χ4n) is 3.84. The molecule has 7 nitrogen and oxygen atoms in total. The van der Waals surface area contributed by atoms with E-state index in [4.69, 9.17) is 16.3 Å². The van der Waals surface area contributed by atoms with Gasteiger partial charge in [0.1, 0.15) is 17.5 Å². The molecule has 13 heteroatoms. The molecule has 2 aliphatic rings. The molecule has 4 rings (SSSR count). The lowest BCUT2D eigenvalue weighted by Crippen LogP contribution is -2.50.